The van der Waals surface area contributed by atoms with E-state index in [2.05, 4.69) is 19.2 Å². The Labute approximate surface area is 121 Å². The number of hydrogen-bond acceptors (Lipinski definition) is 3. The molecule has 114 valence electrons. The average Bonchev–Trinajstić information content (AvgIpc) is 2.41. The number of nitrogens with one attached hydrogen (secondary N) is 1. The summed E-state index contributed by atoms with van der Waals surface area (Å²) in [5.41, 5.74) is 0.955. The van der Waals surface area contributed by atoms with E-state index in [4.69, 9.17) is 9.47 Å². The molecule has 0 aliphatic rings. The minimum Gasteiger partial charge on any atom is -0.491 e. The van der Waals surface area contributed by atoms with Crippen molar-refractivity contribution in [3.8, 4) is 5.75 Å². The van der Waals surface area contributed by atoms with Gasteiger partial charge in [0, 0.05) is 24.3 Å². The summed E-state index contributed by atoms with van der Waals surface area (Å²) in [6.07, 6.45) is 1.04. The van der Waals surface area contributed by atoms with Crippen molar-refractivity contribution < 1.29 is 13.9 Å². The molecule has 0 amide bonds. The number of hydrogen-bond donors (Lipinski definition) is 1. The third-order valence-corrected chi connectivity index (χ3v) is 3.20. The summed E-state index contributed by atoms with van der Waals surface area (Å²) < 4.78 is 24.4. The first kappa shape index (κ1) is 16.9. The lowest BCUT2D eigenvalue weighted by molar-refractivity contribution is 0.0920. The largest absolute Gasteiger partial charge is 0.491 e. The molecule has 1 aromatic carbocycles. The van der Waals surface area contributed by atoms with Gasteiger partial charge in [0.05, 0.1) is 6.61 Å². The Balaban J connectivity index is 2.44. The van der Waals surface area contributed by atoms with Crippen molar-refractivity contribution in [1.82, 2.24) is 5.32 Å². The van der Waals surface area contributed by atoms with Crippen molar-refractivity contribution in [1.29, 1.82) is 0 Å². The van der Waals surface area contributed by atoms with E-state index in [-0.39, 0.29) is 11.9 Å². The highest BCUT2D eigenvalue weighted by molar-refractivity contribution is 5.36. The first-order valence-corrected chi connectivity index (χ1v) is 7.21. The Morgan fingerprint density at radius 3 is 2.55 bits per heavy atom. The van der Waals surface area contributed by atoms with Gasteiger partial charge in [0.15, 0.2) is 0 Å². The van der Waals surface area contributed by atoms with Crippen LogP contribution in [-0.4, -0.2) is 26.9 Å². The summed E-state index contributed by atoms with van der Waals surface area (Å²) in [5.74, 6) is 0.939. The molecular weight excluding hydrogens is 257 g/mol. The molecule has 0 spiro atoms. The lowest BCUT2D eigenvalue weighted by atomic mass is 10.1. The van der Waals surface area contributed by atoms with Crippen LogP contribution in [0.2, 0.25) is 0 Å². The van der Waals surface area contributed by atoms with Crippen LogP contribution in [-0.2, 0) is 4.74 Å². The van der Waals surface area contributed by atoms with Gasteiger partial charge in [-0.25, -0.2) is 4.39 Å². The first-order valence-electron chi connectivity index (χ1n) is 7.21. The van der Waals surface area contributed by atoms with E-state index in [0.29, 0.717) is 24.9 Å². The third-order valence-electron chi connectivity index (χ3n) is 3.20. The van der Waals surface area contributed by atoms with Crippen LogP contribution < -0.4 is 10.1 Å². The van der Waals surface area contributed by atoms with E-state index >= 15 is 0 Å². The molecule has 0 saturated carbocycles. The van der Waals surface area contributed by atoms with Gasteiger partial charge in [-0.2, -0.15) is 0 Å². The smallest absolute Gasteiger partial charge is 0.127 e. The molecule has 0 fully saturated rings. The van der Waals surface area contributed by atoms with Crippen LogP contribution in [0.1, 0.15) is 38.8 Å². The van der Waals surface area contributed by atoms with E-state index in [0.717, 1.165) is 18.6 Å². The fourth-order valence-corrected chi connectivity index (χ4v) is 1.78. The zero-order valence-electron chi connectivity index (χ0n) is 12.9. The molecule has 20 heavy (non-hydrogen) atoms. The fourth-order valence-electron chi connectivity index (χ4n) is 1.78. The molecule has 1 atom stereocenters. The van der Waals surface area contributed by atoms with Gasteiger partial charge in [-0.1, -0.05) is 19.9 Å². The minimum absolute atomic E-state index is 0.118. The van der Waals surface area contributed by atoms with Gasteiger partial charge in [0.2, 0.25) is 0 Å². The second-order valence-corrected chi connectivity index (χ2v) is 5.34. The molecule has 1 aromatic rings. The van der Waals surface area contributed by atoms with Crippen molar-refractivity contribution in [3.05, 3.63) is 29.6 Å². The lowest BCUT2D eigenvalue weighted by Gasteiger charge is -2.16. The van der Waals surface area contributed by atoms with Gasteiger partial charge in [-0.15, -0.1) is 0 Å². The fraction of sp³-hybridized carbons (Fsp3) is 0.625. The van der Waals surface area contributed by atoms with Gasteiger partial charge in [0.1, 0.15) is 18.2 Å². The Kier molecular flexibility index (Phi) is 7.55. The van der Waals surface area contributed by atoms with Crippen LogP contribution in [0.25, 0.3) is 0 Å². The van der Waals surface area contributed by atoms with E-state index < -0.39 is 0 Å². The quantitative estimate of drug-likeness (QED) is 0.703. The molecule has 0 heterocycles. The van der Waals surface area contributed by atoms with E-state index in [9.17, 15) is 4.39 Å². The maximum atomic E-state index is 13.3. The standard InChI is InChI=1S/C16H26FNO2/c1-12(2)7-8-19-9-10-20-16-11-14(17)5-6-15(16)13(3)18-4/h5-6,11-13,18H,7-10H2,1-4H3. The minimum atomic E-state index is -0.284. The second-order valence-electron chi connectivity index (χ2n) is 5.34. The predicted octanol–water partition coefficient (Wildman–Crippen LogP) is 3.55. The zero-order valence-corrected chi connectivity index (χ0v) is 12.9. The molecule has 0 aliphatic carbocycles. The second kappa shape index (κ2) is 8.93. The van der Waals surface area contributed by atoms with Crippen molar-refractivity contribution in [3.63, 3.8) is 0 Å². The molecular formula is C16H26FNO2. The van der Waals surface area contributed by atoms with E-state index in [1.165, 1.54) is 12.1 Å². The molecule has 0 aliphatic heterocycles. The van der Waals surface area contributed by atoms with Gasteiger partial charge >= 0.3 is 0 Å². The van der Waals surface area contributed by atoms with Crippen LogP contribution in [0.15, 0.2) is 18.2 Å². The van der Waals surface area contributed by atoms with Crippen molar-refractivity contribution in [2.24, 2.45) is 5.92 Å². The van der Waals surface area contributed by atoms with E-state index in [1.54, 1.807) is 6.07 Å². The van der Waals surface area contributed by atoms with Crippen LogP contribution in [0.3, 0.4) is 0 Å². The highest BCUT2D eigenvalue weighted by atomic mass is 19.1. The van der Waals surface area contributed by atoms with Crippen LogP contribution in [0.5, 0.6) is 5.75 Å². The number of ether oxygens (including phenoxy) is 2. The molecule has 0 bridgehead atoms. The zero-order chi connectivity index (χ0) is 15.0. The molecule has 0 aromatic heterocycles. The SMILES string of the molecule is CNC(C)c1ccc(F)cc1OCCOCCC(C)C. The number of benzene rings is 1. The maximum absolute atomic E-state index is 13.3. The van der Waals surface area contributed by atoms with Crippen molar-refractivity contribution in [2.45, 2.75) is 33.2 Å². The van der Waals surface area contributed by atoms with Gasteiger partial charge in [-0.05, 0) is 32.4 Å². The maximum Gasteiger partial charge on any atom is 0.127 e. The summed E-state index contributed by atoms with van der Waals surface area (Å²) in [4.78, 5) is 0. The van der Waals surface area contributed by atoms with Gasteiger partial charge in [-0.3, -0.25) is 0 Å². The molecule has 0 radical (unpaired) electrons. The molecule has 1 N–H and O–H groups in total. The normalized spacial score (nSPS) is 12.7. The van der Waals surface area contributed by atoms with Crippen molar-refractivity contribution in [2.75, 3.05) is 26.9 Å². The average molecular weight is 283 g/mol. The molecule has 3 nitrogen and oxygen atoms in total. The topological polar surface area (TPSA) is 30.5 Å². The monoisotopic (exact) mass is 283 g/mol. The van der Waals surface area contributed by atoms with Crippen LogP contribution in [0.4, 0.5) is 4.39 Å². The lowest BCUT2D eigenvalue weighted by Crippen LogP contribution is -2.15. The molecule has 0 saturated heterocycles. The number of halogens is 1. The molecule has 4 heteroatoms. The van der Waals surface area contributed by atoms with Gasteiger partial charge < -0.3 is 14.8 Å². The highest BCUT2D eigenvalue weighted by Gasteiger charge is 2.11. The summed E-state index contributed by atoms with van der Waals surface area (Å²) in [6, 6.07) is 4.75. The van der Waals surface area contributed by atoms with Crippen LogP contribution in [0, 0.1) is 11.7 Å². The van der Waals surface area contributed by atoms with Crippen molar-refractivity contribution >= 4 is 0 Å². The summed E-state index contributed by atoms with van der Waals surface area (Å²) in [6.45, 7) is 8.04. The molecule has 1 rings (SSSR count). The summed E-state index contributed by atoms with van der Waals surface area (Å²) in [7, 11) is 1.87. The predicted molar refractivity (Wildman–Crippen MR) is 79.6 cm³/mol. The van der Waals surface area contributed by atoms with Crippen LogP contribution >= 0.6 is 0 Å². The number of rotatable bonds is 9. The van der Waals surface area contributed by atoms with E-state index in [1.807, 2.05) is 14.0 Å². The Bertz CT molecular complexity index is 396. The Morgan fingerprint density at radius 2 is 1.90 bits per heavy atom. The first-order chi connectivity index (χ1) is 9.54. The highest BCUT2D eigenvalue weighted by Crippen LogP contribution is 2.25. The summed E-state index contributed by atoms with van der Waals surface area (Å²) in [5, 5.41) is 3.13. The third kappa shape index (κ3) is 5.88. The Hall–Kier alpha value is -1.13. The summed E-state index contributed by atoms with van der Waals surface area (Å²) >= 11 is 0. The van der Waals surface area contributed by atoms with Gasteiger partial charge in [0.25, 0.3) is 0 Å². The Morgan fingerprint density at radius 1 is 1.15 bits per heavy atom. The molecule has 1 unspecified atom stereocenters.